The predicted octanol–water partition coefficient (Wildman–Crippen LogP) is 2.76. The van der Waals surface area contributed by atoms with E-state index >= 15 is 0 Å². The zero-order chi connectivity index (χ0) is 8.85. The van der Waals surface area contributed by atoms with E-state index in [2.05, 4.69) is 25.8 Å². The molecule has 0 aliphatic carbocycles. The van der Waals surface area contributed by atoms with Gasteiger partial charge in [-0.3, -0.25) is 0 Å². The summed E-state index contributed by atoms with van der Waals surface area (Å²) >= 11 is 0. The molecule has 0 N–H and O–H groups in total. The van der Waals surface area contributed by atoms with Crippen LogP contribution < -0.4 is 0 Å². The van der Waals surface area contributed by atoms with Gasteiger partial charge < -0.3 is 4.90 Å². The minimum absolute atomic E-state index is 0.845. The van der Waals surface area contributed by atoms with Crippen molar-refractivity contribution >= 4 is 0 Å². The van der Waals surface area contributed by atoms with Crippen molar-refractivity contribution in [3.63, 3.8) is 0 Å². The van der Waals surface area contributed by atoms with Gasteiger partial charge >= 0.3 is 0 Å². The number of likely N-dealkylation sites (tertiary alicyclic amines) is 1. The molecule has 1 nitrogen and oxygen atoms in total. The SMILES string of the molecule is CC.CC(C)[C@H]1CCCN1C. The van der Waals surface area contributed by atoms with Crippen molar-refractivity contribution in [2.24, 2.45) is 5.92 Å². The average molecular weight is 157 g/mol. The van der Waals surface area contributed by atoms with Crippen molar-refractivity contribution in [1.82, 2.24) is 4.90 Å². The Labute approximate surface area is 71.8 Å². The van der Waals surface area contributed by atoms with Gasteiger partial charge in [0, 0.05) is 6.04 Å². The maximum absolute atomic E-state index is 2.48. The van der Waals surface area contributed by atoms with Crippen LogP contribution in [0.5, 0.6) is 0 Å². The van der Waals surface area contributed by atoms with Gasteiger partial charge in [-0.25, -0.2) is 0 Å². The van der Waals surface area contributed by atoms with E-state index in [1.54, 1.807) is 0 Å². The minimum Gasteiger partial charge on any atom is -0.303 e. The van der Waals surface area contributed by atoms with Gasteiger partial charge in [-0.05, 0) is 32.4 Å². The largest absolute Gasteiger partial charge is 0.303 e. The molecule has 0 saturated carbocycles. The summed E-state index contributed by atoms with van der Waals surface area (Å²) in [4.78, 5) is 2.48. The van der Waals surface area contributed by atoms with E-state index in [-0.39, 0.29) is 0 Å². The quantitative estimate of drug-likeness (QED) is 0.565. The van der Waals surface area contributed by atoms with Crippen LogP contribution in [0.3, 0.4) is 0 Å². The lowest BCUT2D eigenvalue weighted by molar-refractivity contribution is 0.250. The van der Waals surface area contributed by atoms with E-state index in [4.69, 9.17) is 0 Å². The zero-order valence-electron chi connectivity index (χ0n) is 8.72. The highest BCUT2D eigenvalue weighted by atomic mass is 15.1. The molecule has 1 heterocycles. The second kappa shape index (κ2) is 5.59. The van der Waals surface area contributed by atoms with Gasteiger partial charge in [-0.1, -0.05) is 27.7 Å². The Morgan fingerprint density at radius 3 is 2.00 bits per heavy atom. The maximum Gasteiger partial charge on any atom is 0.0116 e. The first-order chi connectivity index (χ1) is 5.22. The third-order valence-corrected chi connectivity index (χ3v) is 2.35. The molecule has 0 aromatic heterocycles. The second-order valence-electron chi connectivity index (χ2n) is 3.43. The highest BCUT2D eigenvalue weighted by molar-refractivity contribution is 4.78. The van der Waals surface area contributed by atoms with Crippen molar-refractivity contribution in [2.45, 2.75) is 46.6 Å². The van der Waals surface area contributed by atoms with Crippen LogP contribution in [0.1, 0.15) is 40.5 Å². The van der Waals surface area contributed by atoms with Crippen molar-refractivity contribution in [3.8, 4) is 0 Å². The molecule has 1 fully saturated rings. The van der Waals surface area contributed by atoms with Crippen LogP contribution in [0.15, 0.2) is 0 Å². The first kappa shape index (κ1) is 11.0. The minimum atomic E-state index is 0.845. The van der Waals surface area contributed by atoms with E-state index in [1.807, 2.05) is 13.8 Å². The third kappa shape index (κ3) is 3.24. The Balaban J connectivity index is 0.000000461. The lowest BCUT2D eigenvalue weighted by Gasteiger charge is -2.22. The van der Waals surface area contributed by atoms with Crippen LogP contribution in [0.4, 0.5) is 0 Å². The van der Waals surface area contributed by atoms with Crippen molar-refractivity contribution in [3.05, 3.63) is 0 Å². The Morgan fingerprint density at radius 2 is 1.82 bits per heavy atom. The normalized spacial score (nSPS) is 25.1. The standard InChI is InChI=1S/C8H17N.C2H6/c1-7(2)8-5-4-6-9(8)3;1-2/h7-8H,4-6H2,1-3H3;1-2H3/t8-;/m1./s1. The predicted molar refractivity (Wildman–Crippen MR) is 51.8 cm³/mol. The van der Waals surface area contributed by atoms with Crippen molar-refractivity contribution < 1.29 is 0 Å². The van der Waals surface area contributed by atoms with Crippen LogP contribution in [0.2, 0.25) is 0 Å². The molecule has 1 aliphatic rings. The van der Waals surface area contributed by atoms with Gasteiger partial charge in [-0.15, -0.1) is 0 Å². The van der Waals surface area contributed by atoms with Crippen molar-refractivity contribution in [1.29, 1.82) is 0 Å². The molecule has 0 amide bonds. The molecule has 0 radical (unpaired) electrons. The van der Waals surface area contributed by atoms with Gasteiger partial charge in [0.1, 0.15) is 0 Å². The Hall–Kier alpha value is -0.0400. The fraction of sp³-hybridized carbons (Fsp3) is 1.00. The Bertz CT molecular complexity index is 88.9. The number of hydrogen-bond acceptors (Lipinski definition) is 1. The maximum atomic E-state index is 2.48. The topological polar surface area (TPSA) is 3.24 Å². The monoisotopic (exact) mass is 157 g/mol. The number of hydrogen-bond donors (Lipinski definition) is 0. The highest BCUT2D eigenvalue weighted by Gasteiger charge is 2.22. The number of rotatable bonds is 1. The van der Waals surface area contributed by atoms with Crippen LogP contribution in [0, 0.1) is 5.92 Å². The third-order valence-electron chi connectivity index (χ3n) is 2.35. The molecule has 1 aliphatic heterocycles. The lowest BCUT2D eigenvalue weighted by atomic mass is 10.0. The van der Waals surface area contributed by atoms with Crippen LogP contribution in [-0.2, 0) is 0 Å². The summed E-state index contributed by atoms with van der Waals surface area (Å²) in [6.07, 6.45) is 2.81. The molecule has 1 rings (SSSR count). The molecular formula is C10H23N. The molecule has 0 spiro atoms. The first-order valence-corrected chi connectivity index (χ1v) is 4.92. The van der Waals surface area contributed by atoms with Crippen molar-refractivity contribution in [2.75, 3.05) is 13.6 Å². The molecule has 0 unspecified atom stereocenters. The van der Waals surface area contributed by atoms with E-state index in [0.717, 1.165) is 12.0 Å². The van der Waals surface area contributed by atoms with E-state index in [1.165, 1.54) is 19.4 Å². The van der Waals surface area contributed by atoms with Gasteiger partial charge in [0.25, 0.3) is 0 Å². The van der Waals surface area contributed by atoms with E-state index in [0.29, 0.717) is 0 Å². The summed E-state index contributed by atoms with van der Waals surface area (Å²) in [5.74, 6) is 0.845. The summed E-state index contributed by atoms with van der Waals surface area (Å²) in [5.41, 5.74) is 0. The van der Waals surface area contributed by atoms with Gasteiger partial charge in [0.15, 0.2) is 0 Å². The Kier molecular flexibility index (Phi) is 5.57. The summed E-state index contributed by atoms with van der Waals surface area (Å²) in [5, 5.41) is 0. The van der Waals surface area contributed by atoms with Gasteiger partial charge in [-0.2, -0.15) is 0 Å². The fourth-order valence-electron chi connectivity index (χ4n) is 1.78. The summed E-state index contributed by atoms with van der Waals surface area (Å²) in [7, 11) is 2.23. The van der Waals surface area contributed by atoms with Gasteiger partial charge in [0.05, 0.1) is 0 Å². The highest BCUT2D eigenvalue weighted by Crippen LogP contribution is 2.20. The Morgan fingerprint density at radius 1 is 1.27 bits per heavy atom. The fourth-order valence-corrected chi connectivity index (χ4v) is 1.78. The summed E-state index contributed by atoms with van der Waals surface area (Å²) < 4.78 is 0. The molecule has 0 bridgehead atoms. The molecule has 0 aromatic carbocycles. The smallest absolute Gasteiger partial charge is 0.0116 e. The van der Waals surface area contributed by atoms with Crippen LogP contribution in [-0.4, -0.2) is 24.5 Å². The second-order valence-corrected chi connectivity index (χ2v) is 3.43. The lowest BCUT2D eigenvalue weighted by Crippen LogP contribution is -2.29. The molecule has 1 heteroatoms. The van der Waals surface area contributed by atoms with Crippen LogP contribution >= 0.6 is 0 Å². The van der Waals surface area contributed by atoms with Crippen LogP contribution in [0.25, 0.3) is 0 Å². The van der Waals surface area contributed by atoms with E-state index < -0.39 is 0 Å². The number of nitrogens with zero attached hydrogens (tertiary/aromatic N) is 1. The molecule has 11 heavy (non-hydrogen) atoms. The van der Waals surface area contributed by atoms with Gasteiger partial charge in [0.2, 0.25) is 0 Å². The molecule has 1 atom stereocenters. The summed E-state index contributed by atoms with van der Waals surface area (Å²) in [6, 6.07) is 0.866. The molecule has 68 valence electrons. The molecule has 1 saturated heterocycles. The van der Waals surface area contributed by atoms with E-state index in [9.17, 15) is 0 Å². The molecule has 0 aromatic rings. The summed E-state index contributed by atoms with van der Waals surface area (Å²) in [6.45, 7) is 9.93. The molecular weight excluding hydrogens is 134 g/mol. The first-order valence-electron chi connectivity index (χ1n) is 4.92. The average Bonchev–Trinajstić information content (AvgIpc) is 2.39. The zero-order valence-corrected chi connectivity index (χ0v) is 8.72.